The SMILES string of the molecule is CCCCC/C=C\C/C=C\CCCCCCCCCCCCOCC(COP(=O)(O)OCC(O)CO)OC(=O)CCCCCCCCCCCCCCCCCC. The van der Waals surface area contributed by atoms with Crippen molar-refractivity contribution < 1.29 is 43.0 Å². The number of rotatable bonds is 46. The Hall–Kier alpha value is -1.06. The standard InChI is InChI=1S/C47H91O9P/c1-3-5-7-9-11-13-15-17-19-21-22-23-24-26-28-30-32-34-36-38-40-53-43-46(44-55-57(51,52)54-42-45(49)41-48)56-47(50)39-37-35-33-31-29-27-25-20-18-16-14-12-10-8-6-4-2/h11,13,17,19,45-46,48-49H,3-10,12,14-16,18,20-44H2,1-2H3,(H,51,52)/b13-11-,19-17-. The maximum Gasteiger partial charge on any atom is 0.472 e. The van der Waals surface area contributed by atoms with Gasteiger partial charge >= 0.3 is 13.8 Å². The molecule has 0 saturated carbocycles. The Balaban J connectivity index is 4.09. The third-order valence-electron chi connectivity index (χ3n) is 10.4. The molecule has 0 aromatic heterocycles. The molecule has 3 atom stereocenters. The van der Waals surface area contributed by atoms with Crippen LogP contribution in [-0.4, -0.2) is 66.3 Å². The molecule has 0 bridgehead atoms. The number of carbonyl (C=O) groups excluding carboxylic acids is 1. The van der Waals surface area contributed by atoms with E-state index in [4.69, 9.17) is 23.6 Å². The van der Waals surface area contributed by atoms with E-state index in [1.54, 1.807) is 0 Å². The van der Waals surface area contributed by atoms with E-state index in [9.17, 15) is 19.4 Å². The van der Waals surface area contributed by atoms with Gasteiger partial charge in [-0.3, -0.25) is 13.8 Å². The summed E-state index contributed by atoms with van der Waals surface area (Å²) in [5.41, 5.74) is 0. The van der Waals surface area contributed by atoms with Gasteiger partial charge in [0.25, 0.3) is 0 Å². The van der Waals surface area contributed by atoms with Crippen molar-refractivity contribution in [2.75, 3.05) is 33.0 Å². The lowest BCUT2D eigenvalue weighted by atomic mass is 10.0. The van der Waals surface area contributed by atoms with E-state index in [0.717, 1.165) is 44.9 Å². The minimum atomic E-state index is -4.52. The molecular weight excluding hydrogens is 739 g/mol. The van der Waals surface area contributed by atoms with Crippen molar-refractivity contribution in [2.24, 2.45) is 0 Å². The lowest BCUT2D eigenvalue weighted by Crippen LogP contribution is -2.29. The molecule has 0 saturated heterocycles. The molecule has 0 spiro atoms. The van der Waals surface area contributed by atoms with Gasteiger partial charge in [0.05, 0.1) is 26.4 Å². The van der Waals surface area contributed by atoms with Gasteiger partial charge in [0.15, 0.2) is 0 Å². The number of ether oxygens (including phenoxy) is 2. The number of allylic oxidation sites excluding steroid dienone is 4. The first-order valence-electron chi connectivity index (χ1n) is 23.8. The van der Waals surface area contributed by atoms with Gasteiger partial charge in [-0.2, -0.15) is 0 Å². The quantitative estimate of drug-likeness (QED) is 0.0237. The number of hydrogen-bond donors (Lipinski definition) is 3. The zero-order valence-corrected chi connectivity index (χ0v) is 38.0. The van der Waals surface area contributed by atoms with E-state index < -0.39 is 33.2 Å². The molecule has 0 rings (SSSR count). The molecule has 0 aromatic carbocycles. The highest BCUT2D eigenvalue weighted by atomic mass is 31.2. The van der Waals surface area contributed by atoms with E-state index in [0.29, 0.717) is 6.61 Å². The van der Waals surface area contributed by atoms with Gasteiger partial charge in [0, 0.05) is 13.0 Å². The number of esters is 1. The average molecular weight is 831 g/mol. The van der Waals surface area contributed by atoms with Crippen LogP contribution < -0.4 is 0 Å². The normalized spacial score (nSPS) is 14.1. The van der Waals surface area contributed by atoms with E-state index in [-0.39, 0.29) is 25.6 Å². The fraction of sp³-hybridized carbons (Fsp3) is 0.894. The van der Waals surface area contributed by atoms with Crippen LogP contribution in [0.5, 0.6) is 0 Å². The summed E-state index contributed by atoms with van der Waals surface area (Å²) in [5, 5.41) is 18.4. The van der Waals surface area contributed by atoms with Crippen molar-refractivity contribution in [2.45, 2.75) is 238 Å². The van der Waals surface area contributed by atoms with Crippen LogP contribution in [-0.2, 0) is 27.9 Å². The van der Waals surface area contributed by atoms with Gasteiger partial charge in [0.1, 0.15) is 12.2 Å². The minimum absolute atomic E-state index is 0.0515. The van der Waals surface area contributed by atoms with E-state index in [1.165, 1.54) is 161 Å². The van der Waals surface area contributed by atoms with Crippen LogP contribution in [0.3, 0.4) is 0 Å². The second-order valence-corrected chi connectivity index (χ2v) is 17.6. The van der Waals surface area contributed by atoms with Gasteiger partial charge in [-0.1, -0.05) is 199 Å². The molecule has 0 aliphatic rings. The summed E-state index contributed by atoms with van der Waals surface area (Å²) in [5.74, 6) is -0.379. The molecule has 0 aliphatic heterocycles. The largest absolute Gasteiger partial charge is 0.472 e. The zero-order chi connectivity index (χ0) is 41.8. The summed E-state index contributed by atoms with van der Waals surface area (Å²) >= 11 is 0. The molecule has 9 nitrogen and oxygen atoms in total. The van der Waals surface area contributed by atoms with Crippen LogP contribution in [0.2, 0.25) is 0 Å². The number of phosphoric acid groups is 1. The average Bonchev–Trinajstić information content (AvgIpc) is 3.20. The Bertz CT molecular complexity index is 944. The van der Waals surface area contributed by atoms with Crippen LogP contribution in [0, 0.1) is 0 Å². The highest BCUT2D eigenvalue weighted by Gasteiger charge is 2.26. The van der Waals surface area contributed by atoms with Crippen molar-refractivity contribution in [3.63, 3.8) is 0 Å². The highest BCUT2D eigenvalue weighted by molar-refractivity contribution is 7.47. The number of carbonyl (C=O) groups is 1. The van der Waals surface area contributed by atoms with E-state index in [2.05, 4.69) is 38.2 Å². The first kappa shape index (κ1) is 55.9. The van der Waals surface area contributed by atoms with Gasteiger partial charge in [-0.15, -0.1) is 0 Å². The van der Waals surface area contributed by atoms with Gasteiger partial charge in [-0.25, -0.2) is 4.57 Å². The van der Waals surface area contributed by atoms with Crippen LogP contribution in [0.25, 0.3) is 0 Å². The molecule has 0 aliphatic carbocycles. The van der Waals surface area contributed by atoms with Gasteiger partial charge in [0.2, 0.25) is 0 Å². The third-order valence-corrected chi connectivity index (χ3v) is 11.3. The molecule has 0 amide bonds. The Morgan fingerprint density at radius 3 is 1.44 bits per heavy atom. The van der Waals surface area contributed by atoms with Gasteiger partial charge in [-0.05, 0) is 44.9 Å². The summed E-state index contributed by atoms with van der Waals surface area (Å²) in [7, 11) is -4.52. The molecular formula is C47H91O9P. The molecule has 57 heavy (non-hydrogen) atoms. The maximum absolute atomic E-state index is 12.6. The second kappa shape index (κ2) is 44.5. The fourth-order valence-electron chi connectivity index (χ4n) is 6.74. The monoisotopic (exact) mass is 831 g/mol. The molecule has 0 radical (unpaired) electrons. The number of aliphatic hydroxyl groups is 2. The van der Waals surface area contributed by atoms with E-state index in [1.807, 2.05) is 0 Å². The number of hydrogen-bond acceptors (Lipinski definition) is 8. The predicted octanol–water partition coefficient (Wildman–Crippen LogP) is 13.4. The molecule has 3 N–H and O–H groups in total. The van der Waals surface area contributed by atoms with E-state index >= 15 is 0 Å². The predicted molar refractivity (Wildman–Crippen MR) is 238 cm³/mol. The lowest BCUT2D eigenvalue weighted by molar-refractivity contribution is -0.154. The van der Waals surface area contributed by atoms with Crippen molar-refractivity contribution in [1.82, 2.24) is 0 Å². The summed E-state index contributed by atoms with van der Waals surface area (Å²) in [6.07, 6.45) is 47.0. The van der Waals surface area contributed by atoms with Crippen molar-refractivity contribution in [3.05, 3.63) is 24.3 Å². The number of aliphatic hydroxyl groups excluding tert-OH is 2. The summed E-state index contributed by atoms with van der Waals surface area (Å²) in [6, 6.07) is 0. The van der Waals surface area contributed by atoms with Crippen molar-refractivity contribution in [3.8, 4) is 0 Å². The number of phosphoric ester groups is 1. The summed E-state index contributed by atoms with van der Waals surface area (Å²) < 4.78 is 33.5. The second-order valence-electron chi connectivity index (χ2n) is 16.1. The Kier molecular flexibility index (Phi) is 43.7. The minimum Gasteiger partial charge on any atom is -0.457 e. The molecule has 0 heterocycles. The van der Waals surface area contributed by atoms with Gasteiger partial charge < -0.3 is 24.6 Å². The lowest BCUT2D eigenvalue weighted by Gasteiger charge is -2.20. The van der Waals surface area contributed by atoms with Crippen LogP contribution in [0.15, 0.2) is 24.3 Å². The Morgan fingerprint density at radius 2 is 0.947 bits per heavy atom. The molecule has 10 heteroatoms. The summed E-state index contributed by atoms with van der Waals surface area (Å²) in [6.45, 7) is 3.53. The smallest absolute Gasteiger partial charge is 0.457 e. The first-order valence-corrected chi connectivity index (χ1v) is 25.3. The molecule has 0 aromatic rings. The summed E-state index contributed by atoms with van der Waals surface area (Å²) in [4.78, 5) is 22.6. The first-order chi connectivity index (χ1) is 27.8. The van der Waals surface area contributed by atoms with Crippen LogP contribution in [0.1, 0.15) is 226 Å². The van der Waals surface area contributed by atoms with Crippen molar-refractivity contribution >= 4 is 13.8 Å². The van der Waals surface area contributed by atoms with Crippen LogP contribution >= 0.6 is 7.82 Å². The Morgan fingerprint density at radius 1 is 0.544 bits per heavy atom. The molecule has 338 valence electrons. The highest BCUT2D eigenvalue weighted by Crippen LogP contribution is 2.43. The third kappa shape index (κ3) is 44.3. The van der Waals surface area contributed by atoms with Crippen molar-refractivity contribution in [1.29, 1.82) is 0 Å². The molecule has 0 fully saturated rings. The van der Waals surface area contributed by atoms with Crippen LogP contribution in [0.4, 0.5) is 0 Å². The fourth-order valence-corrected chi connectivity index (χ4v) is 7.53. The zero-order valence-electron chi connectivity index (χ0n) is 37.1. The maximum atomic E-state index is 12.6. The molecule has 3 unspecified atom stereocenters. The topological polar surface area (TPSA) is 132 Å². The number of unbranched alkanes of at least 4 members (excludes halogenated alkanes) is 28. The Labute approximate surface area is 351 Å².